The molecular weight excluding hydrogens is 953 g/mol. The third-order valence-electron chi connectivity index (χ3n) is 16.1. The van der Waals surface area contributed by atoms with E-state index >= 15 is 0 Å². The van der Waals surface area contributed by atoms with E-state index in [-0.39, 0.29) is 4.66 Å². The molecule has 13 aromatic rings. The van der Waals surface area contributed by atoms with Crippen LogP contribution in [0.3, 0.4) is 0 Å². The first-order valence-electron chi connectivity index (χ1n) is 25.6. The fraction of sp³-hybridized carbons (Fsp3) is 0.104. The van der Waals surface area contributed by atoms with Crippen LogP contribution < -0.4 is 9.80 Å². The van der Waals surface area contributed by atoms with Gasteiger partial charge in [0.25, 0.3) is 0 Å². The summed E-state index contributed by atoms with van der Waals surface area (Å²) in [6.45, 7) is 16.0. The van der Waals surface area contributed by atoms with Crippen molar-refractivity contribution in [2.45, 2.75) is 43.9 Å². The van der Waals surface area contributed by atoms with Crippen molar-refractivity contribution >= 4 is 146 Å². The van der Waals surface area contributed by atoms with E-state index in [1.165, 1.54) is 106 Å². The average molecular weight is 1010 g/mol. The first-order chi connectivity index (χ1) is 35.5. The van der Waals surface area contributed by atoms with E-state index in [4.69, 9.17) is 0 Å². The topological polar surface area (TPSA) is 6.48 Å². The Morgan fingerprint density at radius 1 is 0.315 bits per heavy atom. The summed E-state index contributed by atoms with van der Waals surface area (Å²) in [6.07, 6.45) is 0. The molecule has 2 aromatic heterocycles. The Bertz CT molecular complexity index is 4360. The highest BCUT2D eigenvalue weighted by Gasteiger charge is 2.60. The van der Waals surface area contributed by atoms with Crippen molar-refractivity contribution in [2.75, 3.05) is 9.80 Å². The maximum Gasteiger partial charge on any atom is 0.0640 e. The molecule has 2 heterocycles. The molecular formula is C67H54N2S2Si2. The van der Waals surface area contributed by atoms with Gasteiger partial charge < -0.3 is 9.80 Å². The van der Waals surface area contributed by atoms with Gasteiger partial charge in [-0.1, -0.05) is 191 Å². The summed E-state index contributed by atoms with van der Waals surface area (Å²) in [6, 6.07) is 82.6. The molecule has 0 radical (unpaired) electrons. The van der Waals surface area contributed by atoms with E-state index in [0.29, 0.717) is 0 Å². The largest absolute Gasteiger partial charge is 0.309 e. The van der Waals surface area contributed by atoms with Crippen LogP contribution in [0.25, 0.3) is 83.8 Å². The fourth-order valence-corrected chi connectivity index (χ4v) is 29.1. The van der Waals surface area contributed by atoms with E-state index in [2.05, 4.69) is 267 Å². The molecule has 0 saturated carbocycles. The zero-order valence-corrected chi connectivity index (χ0v) is 45.6. The molecule has 14 rings (SSSR count). The van der Waals surface area contributed by atoms with E-state index in [9.17, 15) is 0 Å². The average Bonchev–Trinajstić information content (AvgIpc) is 4.10. The highest BCUT2D eigenvalue weighted by Crippen LogP contribution is 2.65. The molecule has 6 heteroatoms. The van der Waals surface area contributed by atoms with Crippen LogP contribution in [0.1, 0.15) is 11.1 Å². The number of thiophene rings is 2. The Morgan fingerprint density at radius 3 is 1.33 bits per heavy atom. The lowest BCUT2D eigenvalue weighted by molar-refractivity contribution is 0.963. The lowest BCUT2D eigenvalue weighted by atomic mass is 9.89. The predicted octanol–water partition coefficient (Wildman–Crippen LogP) is 20.8. The summed E-state index contributed by atoms with van der Waals surface area (Å²) in [5.41, 5.74) is 13.1. The number of benzene rings is 11. The van der Waals surface area contributed by atoms with Crippen molar-refractivity contribution in [2.24, 2.45) is 0 Å². The molecule has 0 N–H and O–H groups in total. The van der Waals surface area contributed by atoms with Crippen LogP contribution in [0.4, 0.5) is 34.1 Å². The highest BCUT2D eigenvalue weighted by molar-refractivity contribution is 7.26. The molecule has 11 aromatic carbocycles. The number of para-hydroxylation sites is 2. The Labute approximate surface area is 437 Å². The van der Waals surface area contributed by atoms with Crippen LogP contribution in [-0.4, -0.2) is 16.1 Å². The summed E-state index contributed by atoms with van der Waals surface area (Å²) in [5.74, 6) is 0. The Kier molecular flexibility index (Phi) is 9.93. The molecule has 0 aliphatic heterocycles. The van der Waals surface area contributed by atoms with Gasteiger partial charge in [0.1, 0.15) is 0 Å². The van der Waals surface area contributed by atoms with Crippen LogP contribution in [0.5, 0.6) is 0 Å². The lowest BCUT2D eigenvalue weighted by Crippen LogP contribution is -2.63. The molecule has 0 atom stereocenters. The molecule has 0 fully saturated rings. The molecule has 0 bridgehead atoms. The van der Waals surface area contributed by atoms with Crippen LogP contribution in [0.2, 0.25) is 39.3 Å². The van der Waals surface area contributed by atoms with Gasteiger partial charge in [0.2, 0.25) is 0 Å². The summed E-state index contributed by atoms with van der Waals surface area (Å²) < 4.78 is 5.05. The molecule has 0 spiro atoms. The van der Waals surface area contributed by atoms with Gasteiger partial charge in [-0.15, -0.1) is 22.7 Å². The van der Waals surface area contributed by atoms with E-state index in [1.54, 1.807) is 5.56 Å². The Hall–Kier alpha value is -7.33. The normalized spacial score (nSPS) is 13.5. The highest BCUT2D eigenvalue weighted by atomic mass is 32.1. The fourth-order valence-electron chi connectivity index (χ4n) is 13.7. The van der Waals surface area contributed by atoms with Crippen molar-refractivity contribution in [3.8, 4) is 11.1 Å². The summed E-state index contributed by atoms with van der Waals surface area (Å²) in [7, 11) is -4.48. The second kappa shape index (κ2) is 16.3. The van der Waals surface area contributed by atoms with Crippen LogP contribution >= 0.6 is 22.7 Å². The van der Waals surface area contributed by atoms with Crippen molar-refractivity contribution in [1.82, 2.24) is 0 Å². The van der Waals surface area contributed by atoms with Gasteiger partial charge in [-0.3, -0.25) is 0 Å². The van der Waals surface area contributed by atoms with Crippen LogP contribution in [0, 0.1) is 0 Å². The molecule has 1 aliphatic rings. The minimum absolute atomic E-state index is 0.180. The zero-order valence-electron chi connectivity index (χ0n) is 42.0. The lowest BCUT2D eigenvalue weighted by Gasteiger charge is -2.52. The number of rotatable bonds is 8. The third-order valence-corrected chi connectivity index (χ3v) is 28.5. The van der Waals surface area contributed by atoms with Crippen molar-refractivity contribution < 1.29 is 0 Å². The second-order valence-corrected chi connectivity index (χ2v) is 35.1. The number of fused-ring (bicyclic) bond motifs is 16. The third kappa shape index (κ3) is 6.37. The predicted molar refractivity (Wildman–Crippen MR) is 327 cm³/mol. The summed E-state index contributed by atoms with van der Waals surface area (Å²) in [4.78, 5) is 5.10. The van der Waals surface area contributed by atoms with Crippen molar-refractivity contribution in [3.05, 3.63) is 230 Å². The Balaban J connectivity index is 1.09. The molecule has 352 valence electrons. The van der Waals surface area contributed by atoms with E-state index in [0.717, 1.165) is 17.1 Å². The number of hydrogen-bond acceptors (Lipinski definition) is 4. The minimum Gasteiger partial charge on any atom is -0.309 e. The first kappa shape index (κ1) is 44.4. The van der Waals surface area contributed by atoms with Crippen LogP contribution in [0.15, 0.2) is 218 Å². The maximum atomic E-state index is 2.70. The maximum absolute atomic E-state index is 2.70. The van der Waals surface area contributed by atoms with E-state index in [1.807, 2.05) is 22.7 Å². The second-order valence-electron chi connectivity index (χ2n) is 22.0. The summed E-state index contributed by atoms with van der Waals surface area (Å²) >= 11 is 3.80. The number of anilines is 6. The van der Waals surface area contributed by atoms with Crippen molar-refractivity contribution in [1.29, 1.82) is 0 Å². The molecule has 1 aliphatic carbocycles. The molecule has 0 unspecified atom stereocenters. The smallest absolute Gasteiger partial charge is 0.0640 e. The van der Waals surface area contributed by atoms with Gasteiger partial charge >= 0.3 is 0 Å². The van der Waals surface area contributed by atoms with Gasteiger partial charge in [0.05, 0.1) is 42.6 Å². The van der Waals surface area contributed by atoms with E-state index < -0.39 is 16.1 Å². The van der Waals surface area contributed by atoms with Gasteiger partial charge in [-0.05, 0) is 116 Å². The van der Waals surface area contributed by atoms with Gasteiger partial charge in [-0.2, -0.15) is 0 Å². The quantitative estimate of drug-likeness (QED) is 0.111. The molecule has 0 saturated heterocycles. The minimum atomic E-state index is -2.24. The van der Waals surface area contributed by atoms with Gasteiger partial charge in [0.15, 0.2) is 0 Å². The summed E-state index contributed by atoms with van der Waals surface area (Å²) in [5, 5.41) is 13.2. The Morgan fingerprint density at radius 2 is 0.767 bits per heavy atom. The number of hydrogen-bond donors (Lipinski definition) is 0. The molecule has 2 nitrogen and oxygen atoms in total. The molecule has 0 amide bonds. The monoisotopic (exact) mass is 1010 g/mol. The standard InChI is InChI=1S/C67H54N2S2Si2/c1-72(2,3)67(73(4,5)6)56-42-59(69(44-25-11-8-12-26-44)58-36-22-34-54-49-30-18-20-38-61(49)71-66(54)58)47-28-14-16-32-51(47)62(56)63-50-31-15-13-27-46(50)55-41-45(39-40-52(55)64(63)67)68(43-23-9-7-10-24-43)57-35-21-33-53-48-29-17-19-37-60(48)70-65(53)57/h7-42H,1-6H3. The number of nitrogens with zero attached hydrogens (tertiary/aromatic N) is 2. The van der Waals surface area contributed by atoms with Gasteiger partial charge in [-0.25, -0.2) is 0 Å². The molecule has 73 heavy (non-hydrogen) atoms. The SMILES string of the molecule is C[Si](C)(C)C1([Si](C)(C)C)c2cc(N(c3ccccc3)c3cccc4c3sc3ccccc34)c3ccccc3c2-c2c1c1ccc(N(c3ccccc3)c3cccc4c3sc3ccccc34)cc1c1ccccc21. The van der Waals surface area contributed by atoms with Gasteiger partial charge in [0, 0.05) is 58.1 Å². The first-order valence-corrected chi connectivity index (χ1v) is 34.2. The van der Waals surface area contributed by atoms with Crippen molar-refractivity contribution in [3.63, 3.8) is 0 Å². The zero-order chi connectivity index (χ0) is 49.4. The van der Waals surface area contributed by atoms with Crippen LogP contribution in [-0.2, 0) is 4.66 Å².